The summed E-state index contributed by atoms with van der Waals surface area (Å²) in [6.45, 7) is 6.83. The van der Waals surface area contributed by atoms with Crippen LogP contribution in [0.3, 0.4) is 0 Å². The van der Waals surface area contributed by atoms with Gasteiger partial charge in [0.25, 0.3) is 0 Å². The van der Waals surface area contributed by atoms with Crippen molar-refractivity contribution in [1.29, 1.82) is 0 Å². The molecular formula is C20H38BrIN4. The molecule has 4 nitrogen and oxygen atoms in total. The van der Waals surface area contributed by atoms with Crippen LogP contribution >= 0.6 is 0 Å². The SMILES string of the molecule is CCCCCCn1cc[n+](C)c1.CCCCCCn1cc[n+](C)c1.[Br-].[I-]. The second kappa shape index (κ2) is 18.0. The number of imidazole rings is 2. The number of nitrogens with zero attached hydrogens (tertiary/aromatic N) is 4. The van der Waals surface area contributed by atoms with Gasteiger partial charge in [-0.3, -0.25) is 0 Å². The van der Waals surface area contributed by atoms with Gasteiger partial charge in [0, 0.05) is 0 Å². The largest absolute Gasteiger partial charge is 1.00 e. The summed E-state index contributed by atoms with van der Waals surface area (Å²) >= 11 is 0. The molecule has 0 aliphatic rings. The van der Waals surface area contributed by atoms with E-state index >= 15 is 0 Å². The molecule has 0 fully saturated rings. The van der Waals surface area contributed by atoms with E-state index in [1.54, 1.807) is 0 Å². The minimum Gasteiger partial charge on any atom is -1.00 e. The molecule has 0 bridgehead atoms. The van der Waals surface area contributed by atoms with Gasteiger partial charge >= 0.3 is 0 Å². The van der Waals surface area contributed by atoms with Crippen molar-refractivity contribution in [3.05, 3.63) is 37.4 Å². The molecule has 6 heteroatoms. The highest BCUT2D eigenvalue weighted by Gasteiger charge is 1.98. The van der Waals surface area contributed by atoms with Gasteiger partial charge in [0.05, 0.1) is 27.2 Å². The number of halogens is 2. The quantitative estimate of drug-likeness (QED) is 0.185. The predicted molar refractivity (Wildman–Crippen MR) is 99.5 cm³/mol. The Morgan fingerprint density at radius 3 is 1.31 bits per heavy atom. The summed E-state index contributed by atoms with van der Waals surface area (Å²) < 4.78 is 8.66. The first-order valence-corrected chi connectivity index (χ1v) is 9.67. The number of aromatic nitrogens is 4. The first-order valence-electron chi connectivity index (χ1n) is 9.67. The first kappa shape index (κ1) is 27.8. The maximum absolute atomic E-state index is 2.25. The number of hydrogen-bond acceptors (Lipinski definition) is 0. The number of aryl methyl sites for hydroxylation is 4. The summed E-state index contributed by atoms with van der Waals surface area (Å²) in [7, 11) is 4.12. The van der Waals surface area contributed by atoms with E-state index in [1.807, 2.05) is 0 Å². The van der Waals surface area contributed by atoms with E-state index in [9.17, 15) is 0 Å². The molecule has 0 aromatic carbocycles. The summed E-state index contributed by atoms with van der Waals surface area (Å²) in [6, 6.07) is 0. The Labute approximate surface area is 188 Å². The fourth-order valence-electron chi connectivity index (χ4n) is 2.71. The molecule has 0 unspecified atom stereocenters. The first-order chi connectivity index (χ1) is 11.7. The highest BCUT2D eigenvalue weighted by Crippen LogP contribution is 2.01. The molecule has 0 saturated carbocycles. The van der Waals surface area contributed by atoms with E-state index in [2.05, 4.69) is 83.7 Å². The van der Waals surface area contributed by atoms with Crippen molar-refractivity contribution >= 4 is 0 Å². The Hall–Kier alpha value is -0.370. The van der Waals surface area contributed by atoms with Crippen LogP contribution in [-0.4, -0.2) is 9.13 Å². The van der Waals surface area contributed by atoms with Crippen LogP contribution < -0.4 is 50.1 Å². The van der Waals surface area contributed by atoms with Gasteiger partial charge in [0.2, 0.25) is 12.7 Å². The van der Waals surface area contributed by atoms with E-state index in [0.29, 0.717) is 0 Å². The fraction of sp³-hybridized carbons (Fsp3) is 0.700. The molecule has 0 saturated heterocycles. The molecule has 2 rings (SSSR count). The molecule has 2 aromatic heterocycles. The molecule has 0 amide bonds. The molecule has 0 radical (unpaired) electrons. The van der Waals surface area contributed by atoms with Crippen molar-refractivity contribution < 1.29 is 50.1 Å². The smallest absolute Gasteiger partial charge is 0.243 e. The van der Waals surface area contributed by atoms with Crippen LogP contribution in [0, 0.1) is 0 Å². The van der Waals surface area contributed by atoms with Gasteiger partial charge in [0.15, 0.2) is 0 Å². The third kappa shape index (κ3) is 13.8. The number of unbranched alkanes of at least 4 members (excludes halogenated alkanes) is 6. The minimum absolute atomic E-state index is 0. The zero-order chi connectivity index (χ0) is 17.6. The van der Waals surface area contributed by atoms with Crippen molar-refractivity contribution in [3.63, 3.8) is 0 Å². The average Bonchev–Trinajstić information content (AvgIpc) is 3.17. The van der Waals surface area contributed by atoms with Crippen molar-refractivity contribution in [2.24, 2.45) is 14.1 Å². The molecule has 0 aliphatic carbocycles. The minimum atomic E-state index is 0. The van der Waals surface area contributed by atoms with Gasteiger partial charge in [-0.05, 0) is 25.7 Å². The predicted octanol–water partition coefficient (Wildman–Crippen LogP) is -2.21. The van der Waals surface area contributed by atoms with Crippen molar-refractivity contribution in [2.75, 3.05) is 0 Å². The molecule has 0 atom stereocenters. The molecular weight excluding hydrogens is 503 g/mol. The van der Waals surface area contributed by atoms with E-state index in [-0.39, 0.29) is 41.0 Å². The molecule has 0 N–H and O–H groups in total. The van der Waals surface area contributed by atoms with Crippen molar-refractivity contribution in [3.8, 4) is 0 Å². The van der Waals surface area contributed by atoms with Crippen molar-refractivity contribution in [1.82, 2.24) is 9.13 Å². The Kier molecular flexibility index (Phi) is 19.3. The Morgan fingerprint density at radius 2 is 1.04 bits per heavy atom. The summed E-state index contributed by atoms with van der Waals surface area (Å²) in [5, 5.41) is 0. The maximum Gasteiger partial charge on any atom is 0.243 e. The van der Waals surface area contributed by atoms with Crippen LogP contribution in [0.15, 0.2) is 37.4 Å². The van der Waals surface area contributed by atoms with Crippen LogP contribution in [0.1, 0.15) is 65.2 Å². The monoisotopic (exact) mass is 540 g/mol. The van der Waals surface area contributed by atoms with E-state index in [4.69, 9.17) is 0 Å². The van der Waals surface area contributed by atoms with Crippen LogP contribution in [-0.2, 0) is 27.2 Å². The summed E-state index contributed by atoms with van der Waals surface area (Å²) in [4.78, 5) is 0. The third-order valence-corrected chi connectivity index (χ3v) is 4.19. The van der Waals surface area contributed by atoms with Gasteiger partial charge in [0.1, 0.15) is 24.8 Å². The topological polar surface area (TPSA) is 17.6 Å². The van der Waals surface area contributed by atoms with E-state index in [1.165, 1.54) is 64.5 Å². The lowest BCUT2D eigenvalue weighted by molar-refractivity contribution is -0.671. The van der Waals surface area contributed by atoms with Gasteiger partial charge in [-0.2, -0.15) is 0 Å². The summed E-state index contributed by atoms with van der Waals surface area (Å²) in [5.41, 5.74) is 0. The highest BCUT2D eigenvalue weighted by molar-refractivity contribution is 4.66. The molecule has 0 aliphatic heterocycles. The van der Waals surface area contributed by atoms with Crippen LogP contribution in [0.4, 0.5) is 0 Å². The van der Waals surface area contributed by atoms with Crippen LogP contribution in [0.2, 0.25) is 0 Å². The van der Waals surface area contributed by atoms with Crippen molar-refractivity contribution in [2.45, 2.75) is 78.3 Å². The second-order valence-corrected chi connectivity index (χ2v) is 6.76. The molecule has 26 heavy (non-hydrogen) atoms. The van der Waals surface area contributed by atoms with Gasteiger partial charge in [-0.15, -0.1) is 0 Å². The van der Waals surface area contributed by atoms with E-state index < -0.39 is 0 Å². The zero-order valence-electron chi connectivity index (χ0n) is 17.1. The lowest BCUT2D eigenvalue weighted by Crippen LogP contribution is -3.00. The zero-order valence-corrected chi connectivity index (χ0v) is 20.8. The lowest BCUT2D eigenvalue weighted by Gasteiger charge is -1.95. The number of hydrogen-bond donors (Lipinski definition) is 0. The van der Waals surface area contributed by atoms with Crippen LogP contribution in [0.25, 0.3) is 0 Å². The number of rotatable bonds is 10. The average molecular weight is 541 g/mol. The van der Waals surface area contributed by atoms with Gasteiger partial charge in [-0.25, -0.2) is 18.3 Å². The molecule has 0 spiro atoms. The maximum atomic E-state index is 2.25. The fourth-order valence-corrected chi connectivity index (χ4v) is 2.71. The third-order valence-electron chi connectivity index (χ3n) is 4.19. The highest BCUT2D eigenvalue weighted by atomic mass is 127. The summed E-state index contributed by atoms with van der Waals surface area (Å²) in [6.07, 6.45) is 23.4. The normalized spacial score (nSPS) is 9.69. The van der Waals surface area contributed by atoms with Crippen LogP contribution in [0.5, 0.6) is 0 Å². The lowest BCUT2D eigenvalue weighted by atomic mass is 10.2. The Morgan fingerprint density at radius 1 is 0.654 bits per heavy atom. The summed E-state index contributed by atoms with van der Waals surface area (Å²) in [5.74, 6) is 0. The molecule has 152 valence electrons. The molecule has 2 heterocycles. The van der Waals surface area contributed by atoms with Gasteiger partial charge in [-0.1, -0.05) is 39.5 Å². The standard InChI is InChI=1S/2C10H19N2.BrH.HI/c2*1-3-4-5-6-7-12-9-8-11(2)10-12;;/h2*8-10H,3-7H2,1-2H3;2*1H/q2*+1;;/p-2. The van der Waals surface area contributed by atoms with Gasteiger partial charge < -0.3 is 41.0 Å². The Bertz CT molecular complexity index is 491. The van der Waals surface area contributed by atoms with E-state index in [0.717, 1.165) is 0 Å². The molecule has 2 aromatic rings. The second-order valence-electron chi connectivity index (χ2n) is 6.76. The Balaban J connectivity index is 0.